The summed E-state index contributed by atoms with van der Waals surface area (Å²) >= 11 is 6.45. The van der Waals surface area contributed by atoms with Crippen LogP contribution in [0.1, 0.15) is 29.1 Å². The Morgan fingerprint density at radius 2 is 1.89 bits per heavy atom. The molecule has 0 atom stereocenters. The third kappa shape index (κ3) is 4.40. The molecule has 0 N–H and O–H groups in total. The van der Waals surface area contributed by atoms with Gasteiger partial charge in [-0.2, -0.15) is 0 Å². The predicted molar refractivity (Wildman–Crippen MR) is 122 cm³/mol. The quantitative estimate of drug-likeness (QED) is 0.430. The minimum atomic E-state index is -0.0152. The molecule has 3 aromatic rings. The van der Waals surface area contributed by atoms with E-state index >= 15 is 0 Å². The number of methoxy groups -OCH3 is 1. The minimum Gasteiger partial charge on any atom is -0.494 e. The number of ether oxygens (including phenoxy) is 1. The second-order valence-electron chi connectivity index (χ2n) is 6.35. The number of hydrogen-bond donors (Lipinski definition) is 0. The summed E-state index contributed by atoms with van der Waals surface area (Å²) < 4.78 is 7.49. The Kier molecular flexibility index (Phi) is 7.09. The number of thiophene rings is 1. The molecule has 0 aliphatic carbocycles. The fourth-order valence-electron chi connectivity index (χ4n) is 3.01. The van der Waals surface area contributed by atoms with E-state index < -0.39 is 0 Å². The lowest BCUT2D eigenvalue weighted by molar-refractivity contribution is 0.0987. The average Bonchev–Trinajstić information content (AvgIpc) is 3.32. The first kappa shape index (κ1) is 21.2. The summed E-state index contributed by atoms with van der Waals surface area (Å²) in [5.74, 6) is 0.719. The van der Waals surface area contributed by atoms with E-state index in [1.807, 2.05) is 24.3 Å². The van der Waals surface area contributed by atoms with Crippen LogP contribution in [0.3, 0.4) is 0 Å². The second kappa shape index (κ2) is 9.35. The molecule has 1 amide bonds. The van der Waals surface area contributed by atoms with Gasteiger partial charge in [-0.1, -0.05) is 31.3 Å². The van der Waals surface area contributed by atoms with Crippen molar-refractivity contribution in [3.63, 3.8) is 0 Å². The first-order valence-corrected chi connectivity index (χ1v) is 11.6. The lowest BCUT2D eigenvalue weighted by atomic mass is 10.2. The summed E-state index contributed by atoms with van der Waals surface area (Å²) in [4.78, 5) is 22.9. The third-order valence-electron chi connectivity index (χ3n) is 4.71. The molecule has 3 rings (SSSR count). The maximum Gasteiger partial charge on any atom is 0.270 e. The maximum absolute atomic E-state index is 13.3. The van der Waals surface area contributed by atoms with Crippen molar-refractivity contribution in [3.05, 3.63) is 38.5 Å². The number of anilines is 1. The predicted octanol–water partition coefficient (Wildman–Crippen LogP) is 5.43. The molecule has 0 radical (unpaired) electrons. The normalized spacial score (nSPS) is 11.4. The van der Waals surface area contributed by atoms with Crippen LogP contribution in [0.4, 0.5) is 5.13 Å². The molecule has 0 saturated carbocycles. The molecule has 150 valence electrons. The number of nitrogens with zero attached hydrogens (tertiary/aromatic N) is 3. The van der Waals surface area contributed by atoms with Crippen molar-refractivity contribution in [2.75, 3.05) is 38.2 Å². The zero-order valence-electron chi connectivity index (χ0n) is 16.5. The molecule has 5 nitrogen and oxygen atoms in total. The SMILES string of the molecule is CCN(CC)CCN(C(=O)c1ccc(Br)s1)c1nc2c(OC)ccc(C)c2s1. The highest BCUT2D eigenvalue weighted by Gasteiger charge is 2.24. The number of benzene rings is 1. The highest BCUT2D eigenvalue weighted by molar-refractivity contribution is 9.11. The number of thiazole rings is 1. The lowest BCUT2D eigenvalue weighted by Crippen LogP contribution is -2.38. The summed E-state index contributed by atoms with van der Waals surface area (Å²) in [6.45, 7) is 9.64. The number of aromatic nitrogens is 1. The van der Waals surface area contributed by atoms with Crippen LogP contribution in [-0.4, -0.2) is 49.1 Å². The van der Waals surface area contributed by atoms with Gasteiger partial charge in [-0.3, -0.25) is 9.69 Å². The van der Waals surface area contributed by atoms with E-state index in [1.165, 1.54) is 11.3 Å². The van der Waals surface area contributed by atoms with E-state index in [1.54, 1.807) is 23.3 Å². The van der Waals surface area contributed by atoms with E-state index in [0.717, 1.165) is 45.0 Å². The molecule has 8 heteroatoms. The molecule has 28 heavy (non-hydrogen) atoms. The number of carbonyl (C=O) groups is 1. The van der Waals surface area contributed by atoms with Gasteiger partial charge >= 0.3 is 0 Å². The Hall–Kier alpha value is -1.48. The number of hydrogen-bond acceptors (Lipinski definition) is 6. The van der Waals surface area contributed by atoms with Gasteiger partial charge in [0, 0.05) is 13.1 Å². The average molecular weight is 482 g/mol. The molecule has 0 aliphatic heterocycles. The first-order chi connectivity index (χ1) is 13.5. The van der Waals surface area contributed by atoms with Gasteiger partial charge in [-0.15, -0.1) is 11.3 Å². The van der Waals surface area contributed by atoms with Gasteiger partial charge in [0.15, 0.2) is 5.13 Å². The van der Waals surface area contributed by atoms with Crippen LogP contribution in [0.15, 0.2) is 28.1 Å². The van der Waals surface area contributed by atoms with Crippen LogP contribution in [0, 0.1) is 6.92 Å². The van der Waals surface area contributed by atoms with Crippen LogP contribution >= 0.6 is 38.6 Å². The smallest absolute Gasteiger partial charge is 0.270 e. The van der Waals surface area contributed by atoms with Crippen molar-refractivity contribution < 1.29 is 9.53 Å². The molecule has 0 bridgehead atoms. The lowest BCUT2D eigenvalue weighted by Gasteiger charge is -2.24. The molecule has 0 fully saturated rings. The van der Waals surface area contributed by atoms with Crippen LogP contribution in [0.25, 0.3) is 10.2 Å². The van der Waals surface area contributed by atoms with Crippen molar-refractivity contribution in [1.82, 2.24) is 9.88 Å². The molecule has 2 heterocycles. The Bertz CT molecular complexity index is 966. The van der Waals surface area contributed by atoms with Crippen molar-refractivity contribution in [2.24, 2.45) is 0 Å². The molecular formula is C20H24BrN3O2S2. The largest absolute Gasteiger partial charge is 0.494 e. The highest BCUT2D eigenvalue weighted by atomic mass is 79.9. The van der Waals surface area contributed by atoms with E-state index in [-0.39, 0.29) is 5.91 Å². The number of likely N-dealkylation sites (N-methyl/N-ethyl adjacent to an activating group) is 1. The number of carbonyl (C=O) groups excluding carboxylic acids is 1. The van der Waals surface area contributed by atoms with Gasteiger partial charge in [0.2, 0.25) is 0 Å². The molecule has 2 aromatic heterocycles. The molecule has 0 unspecified atom stereocenters. The topological polar surface area (TPSA) is 45.7 Å². The van der Waals surface area contributed by atoms with Gasteiger partial charge in [0.25, 0.3) is 5.91 Å². The van der Waals surface area contributed by atoms with Crippen molar-refractivity contribution in [3.8, 4) is 5.75 Å². The van der Waals surface area contributed by atoms with Crippen LogP contribution < -0.4 is 9.64 Å². The zero-order valence-corrected chi connectivity index (χ0v) is 19.7. The van der Waals surface area contributed by atoms with Gasteiger partial charge in [-0.05, 0) is 59.7 Å². The number of rotatable bonds is 8. The Morgan fingerprint density at radius 3 is 2.50 bits per heavy atom. The van der Waals surface area contributed by atoms with Crippen LogP contribution in [0.5, 0.6) is 5.75 Å². The van der Waals surface area contributed by atoms with E-state index in [0.29, 0.717) is 16.6 Å². The summed E-state index contributed by atoms with van der Waals surface area (Å²) in [7, 11) is 1.65. The van der Waals surface area contributed by atoms with Crippen molar-refractivity contribution in [1.29, 1.82) is 0 Å². The Labute approximate surface area is 182 Å². The van der Waals surface area contributed by atoms with Crippen LogP contribution in [-0.2, 0) is 0 Å². The fraction of sp³-hybridized carbons (Fsp3) is 0.400. The Balaban J connectivity index is 2.01. The number of halogens is 1. The van der Waals surface area contributed by atoms with E-state index in [2.05, 4.69) is 41.6 Å². The monoisotopic (exact) mass is 481 g/mol. The third-order valence-corrected chi connectivity index (χ3v) is 7.53. The van der Waals surface area contributed by atoms with E-state index in [4.69, 9.17) is 9.72 Å². The van der Waals surface area contributed by atoms with Crippen molar-refractivity contribution in [2.45, 2.75) is 20.8 Å². The van der Waals surface area contributed by atoms with E-state index in [9.17, 15) is 4.79 Å². The summed E-state index contributed by atoms with van der Waals surface area (Å²) in [5.41, 5.74) is 1.95. The summed E-state index contributed by atoms with van der Waals surface area (Å²) in [5, 5.41) is 0.712. The van der Waals surface area contributed by atoms with Gasteiger partial charge < -0.3 is 9.64 Å². The Morgan fingerprint density at radius 1 is 1.14 bits per heavy atom. The highest BCUT2D eigenvalue weighted by Crippen LogP contribution is 2.37. The first-order valence-electron chi connectivity index (χ1n) is 9.22. The zero-order chi connectivity index (χ0) is 20.3. The second-order valence-corrected chi connectivity index (χ2v) is 9.79. The van der Waals surface area contributed by atoms with Gasteiger partial charge in [0.1, 0.15) is 11.3 Å². The minimum absolute atomic E-state index is 0.0152. The molecule has 1 aromatic carbocycles. The number of aryl methyl sites for hydroxylation is 1. The maximum atomic E-state index is 13.3. The molecule has 0 spiro atoms. The van der Waals surface area contributed by atoms with Crippen molar-refractivity contribution >= 4 is 59.9 Å². The molecule has 0 saturated heterocycles. The fourth-order valence-corrected chi connectivity index (χ4v) is 5.42. The summed E-state index contributed by atoms with van der Waals surface area (Å²) in [6, 6.07) is 7.73. The number of fused-ring (bicyclic) bond motifs is 1. The van der Waals surface area contributed by atoms with Gasteiger partial charge in [-0.25, -0.2) is 4.98 Å². The van der Waals surface area contributed by atoms with Gasteiger partial charge in [0.05, 0.1) is 20.5 Å². The number of amides is 1. The standard InChI is InChI=1S/C20H24BrN3O2S2/c1-5-23(6-2)11-12-24(19(25)15-9-10-16(21)27-15)20-22-17-14(26-4)8-7-13(3)18(17)28-20/h7-10H,5-6,11-12H2,1-4H3. The molecular weight excluding hydrogens is 458 g/mol. The van der Waals surface area contributed by atoms with Crippen LogP contribution in [0.2, 0.25) is 0 Å². The summed E-state index contributed by atoms with van der Waals surface area (Å²) in [6.07, 6.45) is 0. The molecule has 0 aliphatic rings.